The van der Waals surface area contributed by atoms with Gasteiger partial charge >= 0.3 is 0 Å². The van der Waals surface area contributed by atoms with E-state index in [4.69, 9.17) is 9.47 Å². The molecule has 67 valence electrons. The van der Waals surface area contributed by atoms with Gasteiger partial charge < -0.3 is 9.47 Å². The van der Waals surface area contributed by atoms with Gasteiger partial charge in [-0.2, -0.15) is 11.8 Å². The van der Waals surface area contributed by atoms with E-state index < -0.39 is 0 Å². The van der Waals surface area contributed by atoms with Crippen LogP contribution >= 0.6 is 11.8 Å². The second-order valence-electron chi connectivity index (χ2n) is 1.89. The van der Waals surface area contributed by atoms with Gasteiger partial charge in [-0.3, -0.25) is 0 Å². The van der Waals surface area contributed by atoms with Gasteiger partial charge in [0.25, 0.3) is 0 Å². The van der Waals surface area contributed by atoms with Gasteiger partial charge in [0.1, 0.15) is 0 Å². The fraction of sp³-hybridized carbons (Fsp3) is 0.875. The molecule has 0 rings (SSSR count). The molecule has 11 heavy (non-hydrogen) atoms. The Morgan fingerprint density at radius 3 is 2.55 bits per heavy atom. The highest BCUT2D eigenvalue weighted by Crippen LogP contribution is 2.04. The number of hydrogen-bond donors (Lipinski definition) is 0. The molecule has 0 unspecified atom stereocenters. The van der Waals surface area contributed by atoms with Crippen LogP contribution < -0.4 is 0 Å². The van der Waals surface area contributed by atoms with Crippen LogP contribution in [0.15, 0.2) is 0 Å². The van der Waals surface area contributed by atoms with Crippen molar-refractivity contribution in [2.45, 2.75) is 13.8 Å². The molecule has 0 saturated heterocycles. The van der Waals surface area contributed by atoms with Crippen molar-refractivity contribution in [2.24, 2.45) is 0 Å². The summed E-state index contributed by atoms with van der Waals surface area (Å²) in [4.78, 5) is 0. The molecule has 0 aromatic rings. The topological polar surface area (TPSA) is 18.5 Å². The van der Waals surface area contributed by atoms with Crippen molar-refractivity contribution >= 4 is 11.8 Å². The molecule has 0 amide bonds. The monoisotopic (exact) mass is 177 g/mol. The third kappa shape index (κ3) is 10.3. The summed E-state index contributed by atoms with van der Waals surface area (Å²) < 4.78 is 10.3. The van der Waals surface area contributed by atoms with E-state index in [-0.39, 0.29) is 0 Å². The van der Waals surface area contributed by atoms with E-state index in [0.717, 1.165) is 32.2 Å². The van der Waals surface area contributed by atoms with E-state index in [1.165, 1.54) is 0 Å². The minimum absolute atomic E-state index is 0.743. The highest BCUT2D eigenvalue weighted by atomic mass is 32.2. The first-order chi connectivity index (χ1) is 5.41. The lowest BCUT2D eigenvalue weighted by Crippen LogP contribution is -1.97. The first kappa shape index (κ1) is 11.3. The normalized spacial score (nSPS) is 10.4. The standard InChI is InChI=1S/C8H17O2S/c1-3-9-5-7-11-8-6-10-4-2/h7H,3-6,8H2,1-2H3. The van der Waals surface area contributed by atoms with E-state index in [1.54, 1.807) is 11.8 Å². The van der Waals surface area contributed by atoms with Crippen LogP contribution in [0.3, 0.4) is 0 Å². The Morgan fingerprint density at radius 1 is 1.18 bits per heavy atom. The molecule has 1 radical (unpaired) electrons. The van der Waals surface area contributed by atoms with Gasteiger partial charge in [-0.05, 0) is 13.8 Å². The van der Waals surface area contributed by atoms with E-state index in [9.17, 15) is 0 Å². The molecule has 0 aliphatic rings. The van der Waals surface area contributed by atoms with Crippen molar-refractivity contribution in [2.75, 3.05) is 32.2 Å². The van der Waals surface area contributed by atoms with Crippen molar-refractivity contribution in [3.8, 4) is 0 Å². The molecule has 0 saturated carbocycles. The summed E-state index contributed by atoms with van der Waals surface area (Å²) in [7, 11) is 0. The van der Waals surface area contributed by atoms with Gasteiger partial charge in [0, 0.05) is 24.7 Å². The first-order valence-corrected chi connectivity index (χ1v) is 5.05. The molecule has 0 atom stereocenters. The van der Waals surface area contributed by atoms with Crippen LogP contribution in [0.2, 0.25) is 0 Å². The smallest absolute Gasteiger partial charge is 0.0596 e. The number of thioether (sulfide) groups is 1. The SMILES string of the molecule is CCOC[CH]SCCOCC. The van der Waals surface area contributed by atoms with Gasteiger partial charge in [-0.25, -0.2) is 0 Å². The zero-order chi connectivity index (χ0) is 8.36. The molecule has 3 heteroatoms. The summed E-state index contributed by atoms with van der Waals surface area (Å²) in [5.74, 6) is 3.10. The molecule has 0 aliphatic carbocycles. The summed E-state index contributed by atoms with van der Waals surface area (Å²) >= 11 is 1.76. The third-order valence-electron chi connectivity index (χ3n) is 1.06. The zero-order valence-corrected chi connectivity index (χ0v) is 8.15. The van der Waals surface area contributed by atoms with Crippen LogP contribution in [0.1, 0.15) is 13.8 Å². The van der Waals surface area contributed by atoms with Crippen LogP contribution in [-0.2, 0) is 9.47 Å². The molecule has 2 nitrogen and oxygen atoms in total. The molecule has 0 heterocycles. The van der Waals surface area contributed by atoms with Crippen LogP contribution in [0.25, 0.3) is 0 Å². The first-order valence-electron chi connectivity index (χ1n) is 4.00. The Kier molecular flexibility index (Phi) is 10.5. The van der Waals surface area contributed by atoms with Crippen molar-refractivity contribution in [1.82, 2.24) is 0 Å². The number of ether oxygens (including phenoxy) is 2. The van der Waals surface area contributed by atoms with Crippen LogP contribution in [0.4, 0.5) is 0 Å². The van der Waals surface area contributed by atoms with E-state index in [0.29, 0.717) is 0 Å². The summed E-state index contributed by atoms with van der Waals surface area (Å²) in [6, 6.07) is 0. The van der Waals surface area contributed by atoms with E-state index >= 15 is 0 Å². The maximum atomic E-state index is 5.16. The lowest BCUT2D eigenvalue weighted by atomic mass is 10.8. The van der Waals surface area contributed by atoms with Gasteiger partial charge in [-0.1, -0.05) is 0 Å². The highest BCUT2D eigenvalue weighted by molar-refractivity contribution is 8.01. The molecular formula is C8H17O2S. The Labute approximate surface area is 73.6 Å². The lowest BCUT2D eigenvalue weighted by molar-refractivity contribution is 0.164. The summed E-state index contributed by atoms with van der Waals surface area (Å²) in [5, 5.41) is 0. The van der Waals surface area contributed by atoms with Gasteiger partial charge in [0.15, 0.2) is 0 Å². The summed E-state index contributed by atoms with van der Waals surface area (Å²) in [6.45, 7) is 7.19. The van der Waals surface area contributed by atoms with Crippen molar-refractivity contribution in [3.63, 3.8) is 0 Å². The second kappa shape index (κ2) is 10.3. The maximum Gasteiger partial charge on any atom is 0.0596 e. The fourth-order valence-corrected chi connectivity index (χ4v) is 1.12. The Morgan fingerprint density at radius 2 is 1.91 bits per heavy atom. The summed E-state index contributed by atoms with van der Waals surface area (Å²) in [6.07, 6.45) is 0. The van der Waals surface area contributed by atoms with Crippen LogP contribution in [-0.4, -0.2) is 32.2 Å². The maximum absolute atomic E-state index is 5.16. The fourth-order valence-electron chi connectivity index (χ4n) is 0.549. The average Bonchev–Trinajstić information content (AvgIpc) is 2.03. The molecule has 0 N–H and O–H groups in total. The predicted molar refractivity (Wildman–Crippen MR) is 49.7 cm³/mol. The highest BCUT2D eigenvalue weighted by Gasteiger charge is 1.89. The van der Waals surface area contributed by atoms with E-state index in [1.807, 2.05) is 13.8 Å². The molecule has 0 aliphatic heterocycles. The molecule has 0 aromatic heterocycles. The Hall–Kier alpha value is 0.270. The number of hydrogen-bond acceptors (Lipinski definition) is 3. The minimum Gasteiger partial charge on any atom is -0.381 e. The second-order valence-corrected chi connectivity index (χ2v) is 2.97. The lowest BCUT2D eigenvalue weighted by Gasteiger charge is -2.01. The predicted octanol–water partition coefficient (Wildman–Crippen LogP) is 1.95. The number of rotatable bonds is 8. The van der Waals surface area contributed by atoms with Crippen molar-refractivity contribution in [1.29, 1.82) is 0 Å². The van der Waals surface area contributed by atoms with Crippen molar-refractivity contribution < 1.29 is 9.47 Å². The Balaban J connectivity index is 2.69. The largest absolute Gasteiger partial charge is 0.381 e. The van der Waals surface area contributed by atoms with Gasteiger partial charge in [0.2, 0.25) is 0 Å². The van der Waals surface area contributed by atoms with Crippen LogP contribution in [0, 0.1) is 5.75 Å². The Bertz CT molecular complexity index is 61.1. The minimum atomic E-state index is 0.743. The van der Waals surface area contributed by atoms with E-state index in [2.05, 4.69) is 5.75 Å². The van der Waals surface area contributed by atoms with Gasteiger partial charge in [-0.15, -0.1) is 0 Å². The quantitative estimate of drug-likeness (QED) is 0.528. The molecule has 0 fully saturated rings. The molecule has 0 aromatic carbocycles. The molecular weight excluding hydrogens is 160 g/mol. The molecule has 0 spiro atoms. The van der Waals surface area contributed by atoms with Crippen LogP contribution in [0.5, 0.6) is 0 Å². The summed E-state index contributed by atoms with van der Waals surface area (Å²) in [5.41, 5.74) is 0. The zero-order valence-electron chi connectivity index (χ0n) is 7.34. The molecule has 0 bridgehead atoms. The van der Waals surface area contributed by atoms with Crippen molar-refractivity contribution in [3.05, 3.63) is 5.75 Å². The average molecular weight is 177 g/mol. The third-order valence-corrected chi connectivity index (χ3v) is 1.83. The van der Waals surface area contributed by atoms with Gasteiger partial charge in [0.05, 0.1) is 13.2 Å².